The molecule has 1 aromatic carbocycles. The summed E-state index contributed by atoms with van der Waals surface area (Å²) in [5.74, 6) is 1.74. The van der Waals surface area contributed by atoms with E-state index in [9.17, 15) is 0 Å². The van der Waals surface area contributed by atoms with Crippen molar-refractivity contribution in [2.45, 2.75) is 25.2 Å². The Morgan fingerprint density at radius 3 is 2.88 bits per heavy atom. The maximum absolute atomic E-state index is 6.18. The van der Waals surface area contributed by atoms with Crippen molar-refractivity contribution in [3.63, 3.8) is 0 Å². The second-order valence-corrected chi connectivity index (χ2v) is 5.04. The maximum Gasteiger partial charge on any atom is 0.126 e. The first kappa shape index (κ1) is 10.4. The van der Waals surface area contributed by atoms with Gasteiger partial charge < -0.3 is 10.1 Å². The van der Waals surface area contributed by atoms with Gasteiger partial charge >= 0.3 is 0 Å². The lowest BCUT2D eigenvalue weighted by molar-refractivity contribution is 0.346. The van der Waals surface area contributed by atoms with Crippen LogP contribution in [0.5, 0.6) is 5.75 Å². The standard InChI is InChI=1S/C13H16ClNO/c14-11-7-10-3-6-16-13(10)12(8-11)9-1-4-15-5-2-9/h7-9,15H,1-6H2. The molecule has 0 aliphatic carbocycles. The van der Waals surface area contributed by atoms with Crippen molar-refractivity contribution < 1.29 is 4.74 Å². The minimum absolute atomic E-state index is 0.617. The summed E-state index contributed by atoms with van der Waals surface area (Å²) in [6.07, 6.45) is 3.39. The van der Waals surface area contributed by atoms with Gasteiger partial charge in [0.2, 0.25) is 0 Å². The van der Waals surface area contributed by atoms with E-state index in [1.165, 1.54) is 24.0 Å². The number of hydrogen-bond acceptors (Lipinski definition) is 2. The summed E-state index contributed by atoms with van der Waals surface area (Å²) in [6, 6.07) is 4.15. The lowest BCUT2D eigenvalue weighted by atomic mass is 9.88. The number of fused-ring (bicyclic) bond motifs is 1. The van der Waals surface area contributed by atoms with Gasteiger partial charge in [-0.25, -0.2) is 0 Å². The average Bonchev–Trinajstić information content (AvgIpc) is 2.77. The van der Waals surface area contributed by atoms with Crippen LogP contribution >= 0.6 is 11.6 Å². The molecule has 1 fully saturated rings. The summed E-state index contributed by atoms with van der Waals surface area (Å²) >= 11 is 6.18. The third-order valence-electron chi connectivity index (χ3n) is 3.56. The molecule has 1 aromatic rings. The highest BCUT2D eigenvalue weighted by atomic mass is 35.5. The second kappa shape index (κ2) is 4.27. The van der Waals surface area contributed by atoms with E-state index in [4.69, 9.17) is 16.3 Å². The van der Waals surface area contributed by atoms with Crippen LogP contribution in [0.15, 0.2) is 12.1 Å². The molecule has 86 valence electrons. The van der Waals surface area contributed by atoms with Crippen LogP contribution in [0.1, 0.15) is 29.9 Å². The molecule has 1 saturated heterocycles. The number of nitrogens with one attached hydrogen (secondary N) is 1. The number of benzene rings is 1. The molecule has 2 aliphatic heterocycles. The molecule has 0 unspecified atom stereocenters. The summed E-state index contributed by atoms with van der Waals surface area (Å²) in [6.45, 7) is 3.02. The number of halogens is 1. The Morgan fingerprint density at radius 2 is 2.06 bits per heavy atom. The fraction of sp³-hybridized carbons (Fsp3) is 0.538. The van der Waals surface area contributed by atoms with Crippen molar-refractivity contribution in [1.29, 1.82) is 0 Å². The highest BCUT2D eigenvalue weighted by Crippen LogP contribution is 2.39. The van der Waals surface area contributed by atoms with E-state index in [-0.39, 0.29) is 0 Å². The molecule has 3 heteroatoms. The summed E-state index contributed by atoms with van der Waals surface area (Å²) in [5, 5.41) is 4.25. The molecule has 0 amide bonds. The lowest BCUT2D eigenvalue weighted by Gasteiger charge is -2.24. The van der Waals surface area contributed by atoms with Crippen molar-refractivity contribution in [2.75, 3.05) is 19.7 Å². The molecule has 2 nitrogen and oxygen atoms in total. The van der Waals surface area contributed by atoms with Gasteiger partial charge in [0.15, 0.2) is 0 Å². The molecule has 2 heterocycles. The van der Waals surface area contributed by atoms with Gasteiger partial charge in [-0.1, -0.05) is 11.6 Å². The zero-order chi connectivity index (χ0) is 11.0. The van der Waals surface area contributed by atoms with Crippen LogP contribution in [0.25, 0.3) is 0 Å². The van der Waals surface area contributed by atoms with Gasteiger partial charge in [-0.15, -0.1) is 0 Å². The van der Waals surface area contributed by atoms with Crippen LogP contribution in [0.4, 0.5) is 0 Å². The Kier molecular flexibility index (Phi) is 2.78. The topological polar surface area (TPSA) is 21.3 Å². The van der Waals surface area contributed by atoms with Gasteiger partial charge in [-0.3, -0.25) is 0 Å². The second-order valence-electron chi connectivity index (χ2n) is 4.61. The van der Waals surface area contributed by atoms with Crippen LogP contribution in [0.2, 0.25) is 5.02 Å². The average molecular weight is 238 g/mol. The summed E-state index contributed by atoms with van der Waals surface area (Å²) in [4.78, 5) is 0. The van der Waals surface area contributed by atoms with Gasteiger partial charge in [0.25, 0.3) is 0 Å². The van der Waals surface area contributed by atoms with Crippen LogP contribution < -0.4 is 10.1 Å². The third kappa shape index (κ3) is 1.80. The lowest BCUT2D eigenvalue weighted by Crippen LogP contribution is -2.26. The normalized spacial score (nSPS) is 20.6. The molecular formula is C13H16ClNO. The largest absolute Gasteiger partial charge is 0.493 e. The number of piperidine rings is 1. The van der Waals surface area contributed by atoms with Gasteiger partial charge in [0.1, 0.15) is 5.75 Å². The fourth-order valence-corrected chi connectivity index (χ4v) is 2.98. The molecule has 1 N–H and O–H groups in total. The van der Waals surface area contributed by atoms with Crippen molar-refractivity contribution in [3.05, 3.63) is 28.3 Å². The SMILES string of the molecule is Clc1cc2c(c(C3CCNCC3)c1)OCC2. The van der Waals surface area contributed by atoms with Crippen LogP contribution in [-0.2, 0) is 6.42 Å². The summed E-state index contributed by atoms with van der Waals surface area (Å²) < 4.78 is 5.76. The molecule has 0 aromatic heterocycles. The van der Waals surface area contributed by atoms with Gasteiger partial charge in [-0.05, 0) is 55.1 Å². The monoisotopic (exact) mass is 237 g/mol. The summed E-state index contributed by atoms with van der Waals surface area (Å²) in [5.41, 5.74) is 2.63. The van der Waals surface area contributed by atoms with Crippen molar-refractivity contribution >= 4 is 11.6 Å². The minimum Gasteiger partial charge on any atom is -0.493 e. The Morgan fingerprint density at radius 1 is 1.25 bits per heavy atom. The summed E-state index contributed by atoms with van der Waals surface area (Å²) in [7, 11) is 0. The number of rotatable bonds is 1. The number of ether oxygens (including phenoxy) is 1. The van der Waals surface area contributed by atoms with Gasteiger partial charge in [-0.2, -0.15) is 0 Å². The zero-order valence-electron chi connectivity index (χ0n) is 9.26. The third-order valence-corrected chi connectivity index (χ3v) is 3.77. The molecule has 0 saturated carbocycles. The van der Waals surface area contributed by atoms with Crippen LogP contribution in [0, 0.1) is 0 Å². The quantitative estimate of drug-likeness (QED) is 0.811. The van der Waals surface area contributed by atoms with E-state index < -0.39 is 0 Å². The minimum atomic E-state index is 0.617. The molecule has 2 aliphatic rings. The highest BCUT2D eigenvalue weighted by Gasteiger charge is 2.24. The first-order valence-electron chi connectivity index (χ1n) is 6.00. The van der Waals surface area contributed by atoms with E-state index in [0.717, 1.165) is 36.9 Å². The smallest absolute Gasteiger partial charge is 0.126 e. The van der Waals surface area contributed by atoms with Crippen molar-refractivity contribution in [2.24, 2.45) is 0 Å². The van der Waals surface area contributed by atoms with Gasteiger partial charge in [0, 0.05) is 11.4 Å². The van der Waals surface area contributed by atoms with E-state index in [2.05, 4.69) is 17.4 Å². The molecule has 16 heavy (non-hydrogen) atoms. The van der Waals surface area contributed by atoms with E-state index in [1.54, 1.807) is 0 Å². The predicted molar refractivity (Wildman–Crippen MR) is 65.5 cm³/mol. The Balaban J connectivity index is 1.99. The van der Waals surface area contributed by atoms with Crippen LogP contribution in [-0.4, -0.2) is 19.7 Å². The van der Waals surface area contributed by atoms with E-state index >= 15 is 0 Å². The Bertz CT molecular complexity index is 399. The molecule has 0 atom stereocenters. The molecule has 0 spiro atoms. The molecule has 3 rings (SSSR count). The Labute approximate surface area is 101 Å². The molecule has 0 bridgehead atoms. The number of hydrogen-bond donors (Lipinski definition) is 1. The maximum atomic E-state index is 6.18. The first-order chi connectivity index (χ1) is 7.84. The zero-order valence-corrected chi connectivity index (χ0v) is 10.0. The molecular weight excluding hydrogens is 222 g/mol. The van der Waals surface area contributed by atoms with E-state index in [0.29, 0.717) is 5.92 Å². The predicted octanol–water partition coefficient (Wildman–Crippen LogP) is 2.74. The molecule has 0 radical (unpaired) electrons. The Hall–Kier alpha value is -0.730. The van der Waals surface area contributed by atoms with Gasteiger partial charge in [0.05, 0.1) is 6.61 Å². The fourth-order valence-electron chi connectivity index (χ4n) is 2.73. The van der Waals surface area contributed by atoms with Crippen LogP contribution in [0.3, 0.4) is 0 Å². The van der Waals surface area contributed by atoms with Crippen molar-refractivity contribution in [1.82, 2.24) is 5.32 Å². The highest BCUT2D eigenvalue weighted by molar-refractivity contribution is 6.30. The first-order valence-corrected chi connectivity index (χ1v) is 6.38. The van der Waals surface area contributed by atoms with E-state index in [1.807, 2.05) is 0 Å². The van der Waals surface area contributed by atoms with Crippen molar-refractivity contribution in [3.8, 4) is 5.75 Å².